The van der Waals surface area contributed by atoms with Gasteiger partial charge in [-0.15, -0.1) is 51.8 Å². The predicted molar refractivity (Wildman–Crippen MR) is 575 cm³/mol. The molecule has 4 saturated heterocycles. The van der Waals surface area contributed by atoms with Gasteiger partial charge in [-0.05, 0) is 189 Å². The van der Waals surface area contributed by atoms with Gasteiger partial charge in [0.15, 0.2) is 23.3 Å². The average Bonchev–Trinajstić information content (AvgIpc) is 1.58. The Kier molecular flexibility index (Phi) is 29.3. The highest BCUT2D eigenvalue weighted by Gasteiger charge is 2.41. The van der Waals surface area contributed by atoms with Crippen LogP contribution < -0.4 is 67.5 Å². The summed E-state index contributed by atoms with van der Waals surface area (Å²) in [6.07, 6.45) is 15.9. The molecule has 8 aromatic heterocycles. The number of thiophene rings is 4. The number of piperazine rings is 1. The standard InChI is InChI=1S/C27H22N6O2S.C26H23ClFN7O2S.C26H22ClFN6O3S.C25H20ClFN6O3S/c1-2-17-6-5-7-20(14-17)33-24-21-22(31-27(33)35)23(36-26(21)29-16-28-24)25(34)30-19-10-8-18(9-11-19)15-32-12-3-4-13-32;1-33-8-10-34(11-9-33)13-15-2-4-16(5-3-15)31-24(36)22-21-20-23(29-14-30-25(20)38-22)35(26(37)32-21)17-6-7-19(28)18(27)12-17;27-18-10-16(7-8-19(18)28)34-23-20-21(33-26(34)36)22(38-25(20)31-13-30-23)24(35)32-15-5-3-14(4-6-15)11-29-12-17-2-1-9-37-17;26-17-11-15(27)3-6-18(17)33-22-19-20(31-25(33)35)21(37-24(19)29-13-28-22)23(34)30-16-4-1-14(2-5-16)12-32-7-9-36-10-8-32/h1,5-11,14,16H,3-4,12-13,15H2,(H,30,34)(H,31,35);2-7,12,14H,8-11,13H2,1H3,(H,31,36)(H,32,37);3-8,10,13,17,29H,1-2,9,11-12H2,(H,32,35)(H,33,36);1-6,11,13H,7-10,12H2,(H,30,34)(H,31,35)/t;;17-;/m..1./s1. The number of likely N-dealkylation sites (N-methyl/N-ethyl adjacent to an activating group) is 1. The number of halogens is 6. The monoisotopic (exact) mass is 2140 g/mol. The lowest BCUT2D eigenvalue weighted by atomic mass is 10.1. The van der Waals surface area contributed by atoms with Crippen LogP contribution in [0.4, 0.5) is 124 Å². The molecule has 8 aliphatic rings. The number of likely N-dealkylation sites (tertiary alicyclic amines) is 1. The molecule has 16 heterocycles. The molecule has 0 radical (unpaired) electrons. The number of ether oxygens (including phenoxy) is 2. The largest absolute Gasteiger partial charge is 0.379 e. The maximum absolute atomic E-state index is 13.7. The van der Waals surface area contributed by atoms with Gasteiger partial charge in [0.1, 0.15) is 81.6 Å². The summed E-state index contributed by atoms with van der Waals surface area (Å²) in [7, 11) is 2.13. The number of aromatic nitrogens is 8. The Labute approximate surface area is 879 Å². The number of amides is 12. The number of anilines is 16. The molecule has 149 heavy (non-hydrogen) atoms. The first kappa shape index (κ1) is 99.8. The van der Waals surface area contributed by atoms with Crippen molar-refractivity contribution in [2.24, 2.45) is 0 Å². The maximum atomic E-state index is 13.7. The number of nitrogens with zero attached hydrogens (tertiary/aromatic N) is 16. The first-order valence-electron chi connectivity index (χ1n) is 47.3. The molecule has 45 heteroatoms. The van der Waals surface area contributed by atoms with Crippen molar-refractivity contribution in [1.82, 2.24) is 64.8 Å². The number of carbonyl (C=O) groups is 8. The van der Waals surface area contributed by atoms with E-state index in [0.29, 0.717) is 147 Å². The Bertz CT molecular complexity index is 8000. The normalized spacial score (nSPS) is 15.9. The number of morpholine rings is 1. The van der Waals surface area contributed by atoms with Gasteiger partial charge in [0.05, 0.1) is 101 Å². The molecule has 0 unspecified atom stereocenters. The molecule has 8 aromatic carbocycles. The van der Waals surface area contributed by atoms with Gasteiger partial charge in [0.25, 0.3) is 23.6 Å². The number of hydrogen-bond acceptors (Lipinski definition) is 27. The fourth-order valence-electron chi connectivity index (χ4n) is 18.3. The molecule has 754 valence electrons. The summed E-state index contributed by atoms with van der Waals surface area (Å²) in [6, 6.07) is 47.6. The van der Waals surface area contributed by atoms with Gasteiger partial charge >= 0.3 is 24.1 Å². The summed E-state index contributed by atoms with van der Waals surface area (Å²) >= 11 is 22.8. The van der Waals surface area contributed by atoms with E-state index in [2.05, 4.69) is 120 Å². The quantitative estimate of drug-likeness (QED) is 0.0285. The third-order valence-corrected chi connectivity index (χ3v) is 31.0. The van der Waals surface area contributed by atoms with Gasteiger partial charge in [0.2, 0.25) is 0 Å². The average molecular weight is 2140 g/mol. The Morgan fingerprint density at radius 2 is 0.792 bits per heavy atom. The summed E-state index contributed by atoms with van der Waals surface area (Å²) < 4.78 is 52.0. The highest BCUT2D eigenvalue weighted by atomic mass is 35.5. The van der Waals surface area contributed by atoms with Crippen LogP contribution in [0.25, 0.3) is 40.9 Å². The van der Waals surface area contributed by atoms with Crippen LogP contribution in [-0.2, 0) is 35.7 Å². The molecule has 0 spiro atoms. The molecule has 4 fully saturated rings. The van der Waals surface area contributed by atoms with Crippen molar-refractivity contribution < 1.29 is 61.0 Å². The third kappa shape index (κ3) is 21.4. The van der Waals surface area contributed by atoms with Crippen molar-refractivity contribution in [3.8, 4) is 12.3 Å². The van der Waals surface area contributed by atoms with Crippen LogP contribution in [0.15, 0.2) is 201 Å². The summed E-state index contributed by atoms with van der Waals surface area (Å²) in [5, 5.41) is 28.3. The minimum atomic E-state index is -0.598. The molecule has 0 saturated carbocycles. The second-order valence-corrected chi connectivity index (χ2v) is 40.8. The van der Waals surface area contributed by atoms with Crippen molar-refractivity contribution in [2.45, 2.75) is 58.0 Å². The predicted octanol–water partition coefficient (Wildman–Crippen LogP) is 21.3. The molecular weight excluding hydrogens is 2050 g/mol. The van der Waals surface area contributed by atoms with Gasteiger partial charge in [-0.25, -0.2) is 91.8 Å². The molecular formula is C104H87Cl3F3N25O10S4. The summed E-state index contributed by atoms with van der Waals surface area (Å²) in [5.41, 5.74) is 10.8. The van der Waals surface area contributed by atoms with Crippen molar-refractivity contribution in [3.63, 3.8) is 0 Å². The highest BCUT2D eigenvalue weighted by Crippen LogP contribution is 2.51. The van der Waals surface area contributed by atoms with Crippen LogP contribution in [0.2, 0.25) is 15.1 Å². The van der Waals surface area contributed by atoms with E-state index in [1.54, 1.807) is 24.3 Å². The summed E-state index contributed by atoms with van der Waals surface area (Å²) in [4.78, 5) is 158. The second-order valence-electron chi connectivity index (χ2n) is 35.6. The minimum absolute atomic E-state index is 0.0515. The highest BCUT2D eigenvalue weighted by molar-refractivity contribution is 7.23. The van der Waals surface area contributed by atoms with E-state index in [9.17, 15) is 51.5 Å². The molecule has 0 aliphatic carbocycles. The van der Waals surface area contributed by atoms with Gasteiger partial charge in [-0.3, -0.25) is 33.9 Å². The third-order valence-electron chi connectivity index (χ3n) is 25.7. The molecule has 16 aromatic rings. The molecule has 1 atom stereocenters. The number of rotatable bonds is 22. The van der Waals surface area contributed by atoms with E-state index < -0.39 is 41.6 Å². The fourth-order valence-corrected chi connectivity index (χ4v) is 22.8. The van der Waals surface area contributed by atoms with E-state index in [1.165, 1.54) is 129 Å². The van der Waals surface area contributed by atoms with Crippen molar-refractivity contribution in [1.29, 1.82) is 0 Å². The fraction of sp³-hybridized carbons (Fsp3) is 0.212. The van der Waals surface area contributed by atoms with Crippen LogP contribution in [0.1, 0.15) is 92.2 Å². The van der Waals surface area contributed by atoms with E-state index in [0.717, 1.165) is 162 Å². The van der Waals surface area contributed by atoms with Gasteiger partial charge < -0.3 is 62.2 Å². The van der Waals surface area contributed by atoms with E-state index in [1.807, 2.05) is 97.1 Å². The number of carbonyl (C=O) groups excluding carboxylic acids is 8. The van der Waals surface area contributed by atoms with Crippen LogP contribution in [0.3, 0.4) is 0 Å². The van der Waals surface area contributed by atoms with Crippen LogP contribution in [0, 0.1) is 29.8 Å². The van der Waals surface area contributed by atoms with Gasteiger partial charge in [-0.2, -0.15) is 0 Å². The lowest BCUT2D eigenvalue weighted by molar-refractivity contribution is 0.0342. The van der Waals surface area contributed by atoms with Crippen LogP contribution in [-0.4, -0.2) is 199 Å². The molecule has 0 bridgehead atoms. The number of nitrogens with one attached hydrogen (secondary N) is 9. The summed E-state index contributed by atoms with van der Waals surface area (Å²) in [5.74, 6) is 0.691. The molecule has 8 aliphatic heterocycles. The van der Waals surface area contributed by atoms with Gasteiger partial charge in [-0.1, -0.05) is 95.3 Å². The lowest BCUT2D eigenvalue weighted by Crippen LogP contribution is -2.43. The zero-order valence-electron chi connectivity index (χ0n) is 79.0. The number of hydrogen-bond donors (Lipinski definition) is 9. The first-order valence-corrected chi connectivity index (χ1v) is 51.7. The van der Waals surface area contributed by atoms with Crippen molar-refractivity contribution in [2.75, 3.05) is 148 Å². The molecule has 24 rings (SSSR count). The smallest absolute Gasteiger partial charge is 0.332 e. The Morgan fingerprint density at radius 1 is 0.416 bits per heavy atom. The Hall–Kier alpha value is -15.2. The zero-order valence-corrected chi connectivity index (χ0v) is 84.5. The molecule has 35 nitrogen and oxygen atoms in total. The number of terminal acetylenes is 1. The van der Waals surface area contributed by atoms with Crippen LogP contribution >= 0.6 is 80.1 Å². The van der Waals surface area contributed by atoms with Crippen molar-refractivity contribution >= 4 is 260 Å². The van der Waals surface area contributed by atoms with E-state index >= 15 is 0 Å². The molecule has 9 N–H and O–H groups in total. The zero-order chi connectivity index (χ0) is 103. The topological polar surface area (TPSA) is 392 Å². The number of benzene rings is 8. The summed E-state index contributed by atoms with van der Waals surface area (Å²) in [6.45, 7) is 14.7. The maximum Gasteiger partial charge on any atom is 0.332 e. The SMILES string of the molecule is C#Cc1cccc(N2C(=O)Nc3c(C(=O)Nc4ccc(CN5CCCC5)cc4)sc4ncnc2c34)c1.CN1CCN(Cc2ccc(NC(=O)c3sc4ncnc5c4c3NC(=O)N5c3ccc(F)c(Cl)c3)cc2)CC1.O=C(Nc1ccc(CN2CCOCC2)cc1)c1sc2ncnc3c2c1NC(=O)N3c1ccc(F)cc1Cl.O=C(Nc1ccc(CNC[C@H]2CCCO2)cc1)c1sc2ncnc3c2c1NC(=O)N3c1ccc(F)c(Cl)c1. The lowest BCUT2D eigenvalue weighted by Gasteiger charge is -2.32. The van der Waals surface area contributed by atoms with E-state index in [-0.39, 0.29) is 62.1 Å². The minimum Gasteiger partial charge on any atom is -0.379 e. The second kappa shape index (κ2) is 43.7. The van der Waals surface area contributed by atoms with Gasteiger partial charge in [0, 0.05) is 107 Å². The van der Waals surface area contributed by atoms with E-state index in [4.69, 9.17) is 50.7 Å². The molecule has 12 amide bonds. The number of urea groups is 4. The Balaban J connectivity index is 0.000000116. The Morgan fingerprint density at radius 3 is 1.17 bits per heavy atom. The first-order chi connectivity index (χ1) is 72.4. The van der Waals surface area contributed by atoms with Crippen LogP contribution in [0.5, 0.6) is 0 Å². The van der Waals surface area contributed by atoms with Crippen molar-refractivity contribution in [3.05, 3.63) is 281 Å².